The summed E-state index contributed by atoms with van der Waals surface area (Å²) in [5.41, 5.74) is 2.59. The Balaban J connectivity index is 2.13. The van der Waals surface area contributed by atoms with E-state index in [1.54, 1.807) is 29.7 Å². The van der Waals surface area contributed by atoms with Crippen molar-refractivity contribution in [3.8, 4) is 11.8 Å². The minimum Gasteiger partial charge on any atom is -0.492 e. The van der Waals surface area contributed by atoms with Crippen molar-refractivity contribution in [2.75, 3.05) is 11.9 Å². The van der Waals surface area contributed by atoms with Gasteiger partial charge < -0.3 is 10.1 Å². The molecule has 3 rings (SSSR count). The Hall–Kier alpha value is -1.27. The zero-order valence-electron chi connectivity index (χ0n) is 12.4. The molecule has 3 aromatic rings. The predicted octanol–water partition coefficient (Wildman–Crippen LogP) is 6.22. The highest BCUT2D eigenvalue weighted by Gasteiger charge is 2.15. The predicted molar refractivity (Wildman–Crippen MR) is 108 cm³/mol. The number of rotatable bonds is 4. The third-order valence-corrected chi connectivity index (χ3v) is 5.72. The Kier molecular flexibility index (Phi) is 5.35. The number of nitrogens with zero attached hydrogens (tertiary/aromatic N) is 2. The number of hydrogen-bond donors (Lipinski definition) is 1. The third kappa shape index (κ3) is 3.40. The fourth-order valence-corrected chi connectivity index (χ4v) is 4.47. The van der Waals surface area contributed by atoms with Crippen LogP contribution in [0.4, 0.5) is 11.4 Å². The first kappa shape index (κ1) is 17.5. The van der Waals surface area contributed by atoms with Gasteiger partial charge in [0.25, 0.3) is 0 Å². The van der Waals surface area contributed by atoms with Gasteiger partial charge in [-0.25, -0.2) is 0 Å². The van der Waals surface area contributed by atoms with Gasteiger partial charge in [-0.2, -0.15) is 5.26 Å². The minimum atomic E-state index is 0.443. The molecule has 0 saturated heterocycles. The number of aromatic nitrogens is 1. The number of ether oxygens (including phenoxy) is 1. The van der Waals surface area contributed by atoms with E-state index in [0.29, 0.717) is 39.3 Å². The van der Waals surface area contributed by atoms with Crippen molar-refractivity contribution in [1.82, 2.24) is 4.98 Å². The summed E-state index contributed by atoms with van der Waals surface area (Å²) >= 11 is 16.2. The summed E-state index contributed by atoms with van der Waals surface area (Å²) in [5, 5.41) is 13.5. The number of nitrogens with one attached hydrogen (secondary N) is 1. The maximum Gasteiger partial charge on any atom is 0.140 e. The zero-order valence-corrected chi connectivity index (χ0v) is 16.8. The van der Waals surface area contributed by atoms with Crippen LogP contribution in [0.5, 0.6) is 5.75 Å². The van der Waals surface area contributed by atoms with Crippen molar-refractivity contribution in [3.05, 3.63) is 42.9 Å². The summed E-state index contributed by atoms with van der Waals surface area (Å²) in [4.78, 5) is 4.32. The Morgan fingerprint density at radius 2 is 2.12 bits per heavy atom. The van der Waals surface area contributed by atoms with Gasteiger partial charge in [-0.15, -0.1) is 11.3 Å². The van der Waals surface area contributed by atoms with Gasteiger partial charge in [-0.1, -0.05) is 23.2 Å². The molecule has 24 heavy (non-hydrogen) atoms. The monoisotopic (exact) mass is 489 g/mol. The highest BCUT2D eigenvalue weighted by molar-refractivity contribution is 14.1. The fourth-order valence-electron chi connectivity index (χ4n) is 2.18. The molecule has 0 aliphatic heterocycles. The highest BCUT2D eigenvalue weighted by atomic mass is 127. The van der Waals surface area contributed by atoms with Crippen LogP contribution in [0.15, 0.2) is 24.4 Å². The molecule has 0 unspecified atom stereocenters. The lowest BCUT2D eigenvalue weighted by Gasteiger charge is -2.14. The van der Waals surface area contributed by atoms with Gasteiger partial charge in [0, 0.05) is 12.3 Å². The number of benzene rings is 1. The Labute approximate surface area is 166 Å². The van der Waals surface area contributed by atoms with Crippen LogP contribution >= 0.6 is 57.1 Å². The molecule has 0 atom stereocenters. The van der Waals surface area contributed by atoms with Crippen LogP contribution in [-0.2, 0) is 0 Å². The van der Waals surface area contributed by atoms with E-state index in [9.17, 15) is 5.26 Å². The van der Waals surface area contributed by atoms with Crippen LogP contribution in [0.1, 0.15) is 12.5 Å². The lowest BCUT2D eigenvalue weighted by atomic mass is 10.2. The maximum atomic E-state index is 9.41. The van der Waals surface area contributed by atoms with Gasteiger partial charge >= 0.3 is 0 Å². The molecule has 0 aliphatic carbocycles. The molecule has 4 nitrogen and oxygen atoms in total. The van der Waals surface area contributed by atoms with Crippen LogP contribution in [-0.4, -0.2) is 11.6 Å². The van der Waals surface area contributed by atoms with Crippen molar-refractivity contribution < 1.29 is 4.74 Å². The highest BCUT2D eigenvalue weighted by Crippen LogP contribution is 2.39. The second-order valence-electron chi connectivity index (χ2n) is 4.74. The SMILES string of the molecule is CCOc1cc(Nc2c(C#N)cnc3cc(I)sc23)c(Cl)cc1Cl. The molecule has 0 amide bonds. The molecule has 122 valence electrons. The van der Waals surface area contributed by atoms with Gasteiger partial charge in [0.05, 0.1) is 46.7 Å². The molecule has 0 aliphatic rings. The molecule has 0 radical (unpaired) electrons. The van der Waals surface area contributed by atoms with E-state index < -0.39 is 0 Å². The Morgan fingerprint density at radius 3 is 2.83 bits per heavy atom. The Morgan fingerprint density at radius 1 is 1.33 bits per heavy atom. The van der Waals surface area contributed by atoms with E-state index in [1.807, 2.05) is 13.0 Å². The molecule has 0 spiro atoms. The van der Waals surface area contributed by atoms with Crippen molar-refractivity contribution in [2.45, 2.75) is 6.92 Å². The molecule has 0 fully saturated rings. The van der Waals surface area contributed by atoms with Crippen LogP contribution in [0.3, 0.4) is 0 Å². The van der Waals surface area contributed by atoms with Crippen LogP contribution in [0.2, 0.25) is 10.0 Å². The molecule has 2 aromatic heterocycles. The normalized spacial score (nSPS) is 10.6. The summed E-state index contributed by atoms with van der Waals surface area (Å²) in [5.74, 6) is 0.538. The second kappa shape index (κ2) is 7.31. The smallest absolute Gasteiger partial charge is 0.140 e. The van der Waals surface area contributed by atoms with Crippen molar-refractivity contribution in [2.24, 2.45) is 0 Å². The molecule has 0 bridgehead atoms. The summed E-state index contributed by atoms with van der Waals surface area (Å²) in [6.45, 7) is 2.37. The number of fused-ring (bicyclic) bond motifs is 1. The van der Waals surface area contributed by atoms with Crippen molar-refractivity contribution >= 4 is 78.7 Å². The number of halogens is 3. The van der Waals surface area contributed by atoms with Crippen LogP contribution in [0, 0.1) is 14.2 Å². The summed E-state index contributed by atoms with van der Waals surface area (Å²) in [6, 6.07) is 7.50. The lowest BCUT2D eigenvalue weighted by molar-refractivity contribution is 0.340. The van der Waals surface area contributed by atoms with E-state index in [2.05, 4.69) is 39.0 Å². The van der Waals surface area contributed by atoms with Crippen LogP contribution < -0.4 is 10.1 Å². The third-order valence-electron chi connectivity index (χ3n) is 3.21. The first-order valence-electron chi connectivity index (χ1n) is 6.90. The van der Waals surface area contributed by atoms with Gasteiger partial charge in [0.15, 0.2) is 0 Å². The average molecular weight is 490 g/mol. The maximum absolute atomic E-state index is 9.41. The van der Waals surface area contributed by atoms with Crippen molar-refractivity contribution in [3.63, 3.8) is 0 Å². The standard InChI is InChI=1S/C16H10Cl2IN3OS/c1-2-23-13-4-11(9(17)3-10(13)18)22-15-8(6-20)7-21-12-5-14(19)24-16(12)15/h3-5,7H,2H2,1H3,(H,21,22). The lowest BCUT2D eigenvalue weighted by Crippen LogP contribution is -1.98. The van der Waals surface area contributed by atoms with E-state index in [4.69, 9.17) is 27.9 Å². The second-order valence-corrected chi connectivity index (χ2v) is 8.50. The van der Waals surface area contributed by atoms with Gasteiger partial charge in [-0.3, -0.25) is 4.98 Å². The molecule has 8 heteroatoms. The Bertz CT molecular complexity index is 968. The topological polar surface area (TPSA) is 57.9 Å². The summed E-state index contributed by atoms with van der Waals surface area (Å²) < 4.78 is 7.51. The van der Waals surface area contributed by atoms with Gasteiger partial charge in [0.1, 0.15) is 11.8 Å². The molecular weight excluding hydrogens is 480 g/mol. The van der Waals surface area contributed by atoms with E-state index in [0.717, 1.165) is 13.1 Å². The number of thiophene rings is 1. The zero-order chi connectivity index (χ0) is 17.3. The summed E-state index contributed by atoms with van der Waals surface area (Å²) in [6.07, 6.45) is 1.56. The van der Waals surface area contributed by atoms with E-state index in [-0.39, 0.29) is 0 Å². The molecule has 0 saturated carbocycles. The van der Waals surface area contributed by atoms with Gasteiger partial charge in [0.2, 0.25) is 0 Å². The van der Waals surface area contributed by atoms with Crippen molar-refractivity contribution in [1.29, 1.82) is 5.26 Å². The van der Waals surface area contributed by atoms with Crippen LogP contribution in [0.25, 0.3) is 10.2 Å². The number of hydrogen-bond acceptors (Lipinski definition) is 5. The number of anilines is 2. The van der Waals surface area contributed by atoms with Gasteiger partial charge in [-0.05, 0) is 41.6 Å². The number of nitriles is 1. The van der Waals surface area contributed by atoms with E-state index >= 15 is 0 Å². The first-order valence-corrected chi connectivity index (χ1v) is 9.55. The minimum absolute atomic E-state index is 0.443. The first-order chi connectivity index (χ1) is 11.5. The molecular formula is C16H10Cl2IN3OS. The molecule has 1 aromatic carbocycles. The quantitative estimate of drug-likeness (QED) is 0.442. The largest absolute Gasteiger partial charge is 0.492 e. The molecule has 1 N–H and O–H groups in total. The molecule has 2 heterocycles. The number of pyridine rings is 1. The summed E-state index contributed by atoms with van der Waals surface area (Å²) in [7, 11) is 0. The fraction of sp³-hybridized carbons (Fsp3) is 0.125. The van der Waals surface area contributed by atoms with E-state index in [1.165, 1.54) is 0 Å². The average Bonchev–Trinajstić information content (AvgIpc) is 2.93.